The van der Waals surface area contributed by atoms with Gasteiger partial charge in [-0.25, -0.2) is 0 Å². The van der Waals surface area contributed by atoms with E-state index in [1.807, 2.05) is 42.5 Å². The maximum atomic E-state index is 8.68. The highest BCUT2D eigenvalue weighted by Gasteiger charge is 2.23. The standard InChI is InChI=1S/C18H19N3OS/c19-9-4-10-20-11-13-21(14-12-20)18(23)17-8-7-16(22-17)15-5-2-1-3-6-15/h1-3,5-8H,4,10-14H2/p+1. The quantitative estimate of drug-likeness (QED) is 0.869. The number of nitriles is 1. The van der Waals surface area contributed by atoms with Gasteiger partial charge in [-0.1, -0.05) is 42.5 Å². The largest absolute Gasteiger partial charge is 0.454 e. The molecule has 0 atom stereocenters. The second-order valence-electron chi connectivity index (χ2n) is 5.73. The van der Waals surface area contributed by atoms with Gasteiger partial charge < -0.3 is 14.2 Å². The van der Waals surface area contributed by atoms with Gasteiger partial charge in [0.25, 0.3) is 0 Å². The fraction of sp³-hybridized carbons (Fsp3) is 0.333. The molecule has 1 aromatic heterocycles. The number of benzene rings is 1. The summed E-state index contributed by atoms with van der Waals surface area (Å²) < 4.78 is 5.94. The molecule has 5 heteroatoms. The molecule has 0 amide bonds. The molecule has 23 heavy (non-hydrogen) atoms. The van der Waals surface area contributed by atoms with Gasteiger partial charge in [0.05, 0.1) is 45.2 Å². The lowest BCUT2D eigenvalue weighted by atomic mass is 10.2. The first-order valence-electron chi connectivity index (χ1n) is 7.93. The third kappa shape index (κ3) is 3.79. The van der Waals surface area contributed by atoms with Crippen LogP contribution in [0.4, 0.5) is 0 Å². The zero-order valence-corrected chi connectivity index (χ0v) is 13.8. The lowest BCUT2D eigenvalue weighted by Crippen LogP contribution is -3.14. The lowest BCUT2D eigenvalue weighted by Gasteiger charge is -2.32. The molecule has 1 aliphatic heterocycles. The molecule has 1 saturated heterocycles. The summed E-state index contributed by atoms with van der Waals surface area (Å²) >= 11 is 5.60. The van der Waals surface area contributed by atoms with E-state index in [4.69, 9.17) is 21.9 Å². The summed E-state index contributed by atoms with van der Waals surface area (Å²) in [5, 5.41) is 8.68. The molecule has 1 fully saturated rings. The van der Waals surface area contributed by atoms with E-state index in [0.29, 0.717) is 6.42 Å². The van der Waals surface area contributed by atoms with Gasteiger partial charge in [-0.15, -0.1) is 0 Å². The van der Waals surface area contributed by atoms with E-state index in [-0.39, 0.29) is 0 Å². The van der Waals surface area contributed by atoms with Gasteiger partial charge in [-0.2, -0.15) is 5.26 Å². The van der Waals surface area contributed by atoms with Crippen molar-refractivity contribution in [3.8, 4) is 17.4 Å². The van der Waals surface area contributed by atoms with Crippen LogP contribution in [0.15, 0.2) is 46.9 Å². The van der Waals surface area contributed by atoms with Crippen molar-refractivity contribution in [3.63, 3.8) is 0 Å². The van der Waals surface area contributed by atoms with Crippen LogP contribution in [0, 0.1) is 11.3 Å². The maximum Gasteiger partial charge on any atom is 0.162 e. The Morgan fingerprint density at radius 2 is 1.91 bits per heavy atom. The monoisotopic (exact) mass is 326 g/mol. The van der Waals surface area contributed by atoms with E-state index in [0.717, 1.165) is 54.8 Å². The van der Waals surface area contributed by atoms with E-state index in [2.05, 4.69) is 11.0 Å². The molecule has 1 aromatic carbocycles. The van der Waals surface area contributed by atoms with Crippen LogP contribution in [0.3, 0.4) is 0 Å². The minimum atomic E-state index is 0.623. The Bertz CT molecular complexity index is 697. The SMILES string of the molecule is N#CCC[NH+]1CCN(C(=S)c2ccc(-c3ccccc3)o2)CC1. The minimum Gasteiger partial charge on any atom is -0.454 e. The Balaban J connectivity index is 1.61. The summed E-state index contributed by atoms with van der Waals surface area (Å²) in [7, 11) is 0. The minimum absolute atomic E-state index is 0.623. The Morgan fingerprint density at radius 3 is 2.61 bits per heavy atom. The molecule has 0 radical (unpaired) electrons. The predicted octanol–water partition coefficient (Wildman–Crippen LogP) is 1.74. The zero-order chi connectivity index (χ0) is 16.1. The van der Waals surface area contributed by atoms with Crippen LogP contribution < -0.4 is 4.90 Å². The topological polar surface area (TPSA) is 44.6 Å². The normalized spacial score (nSPS) is 15.3. The first-order chi connectivity index (χ1) is 11.3. The average molecular weight is 326 g/mol. The van der Waals surface area contributed by atoms with Crippen LogP contribution in [-0.2, 0) is 0 Å². The summed E-state index contributed by atoms with van der Waals surface area (Å²) in [6, 6.07) is 16.2. The van der Waals surface area contributed by atoms with Crippen molar-refractivity contribution in [2.24, 2.45) is 0 Å². The maximum absolute atomic E-state index is 8.68. The van der Waals surface area contributed by atoms with Crippen molar-refractivity contribution in [2.45, 2.75) is 6.42 Å². The van der Waals surface area contributed by atoms with Crippen LogP contribution in [0.5, 0.6) is 0 Å². The van der Waals surface area contributed by atoms with Crippen LogP contribution in [0.1, 0.15) is 12.2 Å². The van der Waals surface area contributed by atoms with Crippen LogP contribution >= 0.6 is 12.2 Å². The summed E-state index contributed by atoms with van der Waals surface area (Å²) in [5.41, 5.74) is 1.06. The second kappa shape index (κ2) is 7.40. The highest BCUT2D eigenvalue weighted by molar-refractivity contribution is 7.80. The summed E-state index contributed by atoms with van der Waals surface area (Å²) in [6.07, 6.45) is 0.623. The van der Waals surface area contributed by atoms with Crippen molar-refractivity contribution < 1.29 is 9.32 Å². The van der Waals surface area contributed by atoms with Crippen LogP contribution in [0.2, 0.25) is 0 Å². The van der Waals surface area contributed by atoms with Crippen molar-refractivity contribution >= 4 is 17.2 Å². The number of nitrogens with one attached hydrogen (secondary N) is 1. The predicted molar refractivity (Wildman–Crippen MR) is 93.2 cm³/mol. The Hall–Kier alpha value is -2.16. The molecule has 118 valence electrons. The fourth-order valence-corrected chi connectivity index (χ4v) is 3.17. The summed E-state index contributed by atoms with van der Waals surface area (Å²) in [4.78, 5) is 4.47. The Morgan fingerprint density at radius 1 is 1.17 bits per heavy atom. The molecule has 2 heterocycles. The number of piperazine rings is 1. The number of hydrogen-bond acceptors (Lipinski definition) is 3. The smallest absolute Gasteiger partial charge is 0.162 e. The van der Waals surface area contributed by atoms with Gasteiger partial charge in [-0.3, -0.25) is 0 Å². The van der Waals surface area contributed by atoms with E-state index in [1.165, 1.54) is 4.90 Å². The van der Waals surface area contributed by atoms with E-state index >= 15 is 0 Å². The first kappa shape index (κ1) is 15.7. The number of hydrogen-bond donors (Lipinski definition) is 1. The second-order valence-corrected chi connectivity index (χ2v) is 6.12. The van der Waals surface area contributed by atoms with Gasteiger partial charge in [0.15, 0.2) is 5.76 Å². The number of furan rings is 1. The molecule has 4 nitrogen and oxygen atoms in total. The lowest BCUT2D eigenvalue weighted by molar-refractivity contribution is -0.903. The number of rotatable bonds is 4. The van der Waals surface area contributed by atoms with Crippen LogP contribution in [0.25, 0.3) is 11.3 Å². The van der Waals surface area contributed by atoms with E-state index < -0.39 is 0 Å². The summed E-state index contributed by atoms with van der Waals surface area (Å²) in [5.74, 6) is 1.61. The van der Waals surface area contributed by atoms with E-state index in [1.54, 1.807) is 0 Å². The van der Waals surface area contributed by atoms with Gasteiger partial charge in [-0.05, 0) is 12.1 Å². The van der Waals surface area contributed by atoms with Crippen LogP contribution in [-0.4, -0.2) is 42.6 Å². The van der Waals surface area contributed by atoms with Crippen molar-refractivity contribution in [2.75, 3.05) is 32.7 Å². The fourth-order valence-electron chi connectivity index (χ4n) is 2.87. The van der Waals surface area contributed by atoms with Crippen molar-refractivity contribution in [1.82, 2.24) is 4.90 Å². The highest BCUT2D eigenvalue weighted by atomic mass is 32.1. The molecular formula is C18H20N3OS+. The summed E-state index contributed by atoms with van der Waals surface area (Å²) in [6.45, 7) is 4.81. The molecule has 2 aromatic rings. The highest BCUT2D eigenvalue weighted by Crippen LogP contribution is 2.22. The molecule has 3 rings (SSSR count). The number of quaternary nitrogens is 1. The van der Waals surface area contributed by atoms with Crippen molar-refractivity contribution in [1.29, 1.82) is 5.26 Å². The molecule has 0 unspecified atom stereocenters. The third-order valence-electron chi connectivity index (χ3n) is 4.22. The first-order valence-corrected chi connectivity index (χ1v) is 8.34. The third-order valence-corrected chi connectivity index (χ3v) is 4.68. The molecule has 1 N–H and O–H groups in total. The zero-order valence-electron chi connectivity index (χ0n) is 13.0. The molecule has 0 aliphatic carbocycles. The van der Waals surface area contributed by atoms with Gasteiger partial charge in [0.1, 0.15) is 10.7 Å². The molecule has 0 bridgehead atoms. The Labute approximate surface area is 141 Å². The Kier molecular flexibility index (Phi) is 5.06. The molecule has 0 saturated carbocycles. The van der Waals surface area contributed by atoms with Gasteiger partial charge in [0.2, 0.25) is 0 Å². The number of thiocarbonyl (C=S) groups is 1. The molecule has 0 spiro atoms. The molecular weight excluding hydrogens is 306 g/mol. The van der Waals surface area contributed by atoms with E-state index in [9.17, 15) is 0 Å². The van der Waals surface area contributed by atoms with Crippen molar-refractivity contribution in [3.05, 3.63) is 48.2 Å². The molecule has 1 aliphatic rings. The average Bonchev–Trinajstić information content (AvgIpc) is 3.11. The number of nitrogens with zero attached hydrogens (tertiary/aromatic N) is 2. The van der Waals surface area contributed by atoms with Gasteiger partial charge >= 0.3 is 0 Å². The van der Waals surface area contributed by atoms with Gasteiger partial charge in [0, 0.05) is 5.56 Å².